The van der Waals surface area contributed by atoms with Crippen LogP contribution in [0.5, 0.6) is 23.0 Å². The van der Waals surface area contributed by atoms with Crippen LogP contribution in [0.1, 0.15) is 5.56 Å². The minimum absolute atomic E-state index is 0.0768. The number of nitrogens with one attached hydrogen (secondary N) is 2. The zero-order chi connectivity index (χ0) is 23.4. The lowest BCUT2D eigenvalue weighted by molar-refractivity contribution is -0.118. The van der Waals surface area contributed by atoms with Crippen LogP contribution in [0.3, 0.4) is 0 Å². The van der Waals surface area contributed by atoms with Crippen LogP contribution in [-0.2, 0) is 14.8 Å². The highest BCUT2D eigenvalue weighted by Crippen LogP contribution is 2.34. The maximum atomic E-state index is 12.7. The number of carbonyl (C=O) groups is 1. The van der Waals surface area contributed by atoms with Crippen LogP contribution in [0.15, 0.2) is 65.6 Å². The SMILES string of the molecule is COc1ccc(NS(=O)(=O)c2ccc(OCC(=O)Nc3ccc4c(c3)OCO4)c(C)c2)cc1. The number of benzene rings is 3. The van der Waals surface area contributed by atoms with Crippen molar-refractivity contribution in [3.63, 3.8) is 0 Å². The van der Waals surface area contributed by atoms with E-state index in [9.17, 15) is 13.2 Å². The fourth-order valence-corrected chi connectivity index (χ4v) is 4.28. The van der Waals surface area contributed by atoms with Crippen molar-refractivity contribution in [2.45, 2.75) is 11.8 Å². The molecule has 0 atom stereocenters. The van der Waals surface area contributed by atoms with Crippen molar-refractivity contribution in [2.75, 3.05) is 30.5 Å². The van der Waals surface area contributed by atoms with Gasteiger partial charge in [-0.05, 0) is 67.1 Å². The molecule has 33 heavy (non-hydrogen) atoms. The Bertz CT molecular complexity index is 1270. The minimum atomic E-state index is -3.80. The number of anilines is 2. The third-order valence-corrected chi connectivity index (χ3v) is 6.19. The van der Waals surface area contributed by atoms with Crippen molar-refractivity contribution in [1.29, 1.82) is 0 Å². The number of aryl methyl sites for hydroxylation is 1. The summed E-state index contributed by atoms with van der Waals surface area (Å²) in [6, 6.07) is 16.0. The average molecular weight is 471 g/mol. The van der Waals surface area contributed by atoms with E-state index in [1.165, 1.54) is 25.3 Å². The first-order valence-electron chi connectivity index (χ1n) is 9.94. The molecule has 0 bridgehead atoms. The fraction of sp³-hybridized carbons (Fsp3) is 0.174. The first-order chi connectivity index (χ1) is 15.8. The number of sulfonamides is 1. The lowest BCUT2D eigenvalue weighted by Gasteiger charge is -2.13. The second-order valence-electron chi connectivity index (χ2n) is 7.17. The molecular weight excluding hydrogens is 448 g/mol. The molecule has 2 N–H and O–H groups in total. The number of ether oxygens (including phenoxy) is 4. The summed E-state index contributed by atoms with van der Waals surface area (Å²) in [6.07, 6.45) is 0. The van der Waals surface area contributed by atoms with Crippen LogP contribution in [0.25, 0.3) is 0 Å². The van der Waals surface area contributed by atoms with Crippen LogP contribution in [0, 0.1) is 6.92 Å². The van der Waals surface area contributed by atoms with E-state index in [-0.39, 0.29) is 24.2 Å². The Labute approximate surface area is 191 Å². The summed E-state index contributed by atoms with van der Waals surface area (Å²) in [7, 11) is -2.26. The van der Waals surface area contributed by atoms with Gasteiger partial charge in [0.05, 0.1) is 12.0 Å². The molecule has 1 aliphatic rings. The monoisotopic (exact) mass is 470 g/mol. The molecule has 0 aliphatic carbocycles. The van der Waals surface area contributed by atoms with Crippen LogP contribution in [0.4, 0.5) is 11.4 Å². The number of carbonyl (C=O) groups excluding carboxylic acids is 1. The van der Waals surface area contributed by atoms with Crippen molar-refractivity contribution >= 4 is 27.3 Å². The number of fused-ring (bicyclic) bond motifs is 1. The molecule has 0 aromatic heterocycles. The molecule has 0 radical (unpaired) electrons. The Morgan fingerprint density at radius 2 is 1.70 bits per heavy atom. The van der Waals surface area contributed by atoms with Crippen LogP contribution in [0.2, 0.25) is 0 Å². The number of amides is 1. The number of methoxy groups -OCH3 is 1. The molecule has 9 nitrogen and oxygen atoms in total. The van der Waals surface area contributed by atoms with E-state index in [0.29, 0.717) is 39.9 Å². The van der Waals surface area contributed by atoms with Gasteiger partial charge in [0.1, 0.15) is 11.5 Å². The van der Waals surface area contributed by atoms with Gasteiger partial charge in [-0.25, -0.2) is 8.42 Å². The van der Waals surface area contributed by atoms with Gasteiger partial charge in [-0.2, -0.15) is 0 Å². The second kappa shape index (κ2) is 9.29. The van der Waals surface area contributed by atoms with Crippen molar-refractivity contribution in [3.8, 4) is 23.0 Å². The summed E-state index contributed by atoms with van der Waals surface area (Å²) in [5.74, 6) is 1.84. The highest BCUT2D eigenvalue weighted by molar-refractivity contribution is 7.92. The summed E-state index contributed by atoms with van der Waals surface area (Å²) in [4.78, 5) is 12.3. The molecule has 0 fully saturated rings. The highest BCUT2D eigenvalue weighted by atomic mass is 32.2. The first-order valence-corrected chi connectivity index (χ1v) is 11.4. The van der Waals surface area contributed by atoms with Gasteiger partial charge in [-0.1, -0.05) is 0 Å². The molecule has 172 valence electrons. The zero-order valence-corrected chi connectivity index (χ0v) is 18.8. The van der Waals surface area contributed by atoms with Crippen LogP contribution < -0.4 is 29.0 Å². The number of hydrogen-bond acceptors (Lipinski definition) is 7. The molecule has 10 heteroatoms. The second-order valence-corrected chi connectivity index (χ2v) is 8.85. The topological polar surface area (TPSA) is 112 Å². The van der Waals surface area contributed by atoms with Gasteiger partial charge in [-0.3, -0.25) is 9.52 Å². The highest BCUT2D eigenvalue weighted by Gasteiger charge is 2.17. The standard InChI is InChI=1S/C23H22N2O7S/c1-15-11-19(33(27,28)25-16-3-6-18(29-2)7-4-16)8-10-20(15)30-13-23(26)24-17-5-9-21-22(12-17)32-14-31-21/h3-12,25H,13-14H2,1-2H3,(H,24,26). The normalized spacial score (nSPS) is 12.2. The summed E-state index contributed by atoms with van der Waals surface area (Å²) in [5, 5.41) is 2.72. The van der Waals surface area contributed by atoms with Crippen molar-refractivity contribution < 1.29 is 32.2 Å². The Morgan fingerprint density at radius 3 is 2.42 bits per heavy atom. The summed E-state index contributed by atoms with van der Waals surface area (Å²) < 4.78 is 49.1. The quantitative estimate of drug-likeness (QED) is 0.518. The maximum absolute atomic E-state index is 12.7. The third kappa shape index (κ3) is 5.29. The molecule has 0 saturated carbocycles. The largest absolute Gasteiger partial charge is 0.497 e. The van der Waals surface area contributed by atoms with Gasteiger partial charge in [0.25, 0.3) is 15.9 Å². The number of hydrogen-bond donors (Lipinski definition) is 2. The molecular formula is C23H22N2O7S. The molecule has 0 saturated heterocycles. The van der Waals surface area contributed by atoms with Gasteiger partial charge in [-0.15, -0.1) is 0 Å². The molecule has 3 aromatic rings. The van der Waals surface area contributed by atoms with E-state index >= 15 is 0 Å². The van der Waals surface area contributed by atoms with E-state index in [1.807, 2.05) is 0 Å². The van der Waals surface area contributed by atoms with E-state index in [4.69, 9.17) is 18.9 Å². The van der Waals surface area contributed by atoms with E-state index in [0.717, 1.165) is 0 Å². The Hall–Kier alpha value is -3.92. The first kappa shape index (κ1) is 22.3. The van der Waals surface area contributed by atoms with E-state index in [2.05, 4.69) is 10.0 Å². The van der Waals surface area contributed by atoms with Gasteiger partial charge >= 0.3 is 0 Å². The lowest BCUT2D eigenvalue weighted by atomic mass is 10.2. The molecule has 1 amide bonds. The van der Waals surface area contributed by atoms with Crippen LogP contribution in [-0.4, -0.2) is 34.8 Å². The van der Waals surface area contributed by atoms with Gasteiger partial charge in [0.15, 0.2) is 18.1 Å². The summed E-state index contributed by atoms with van der Waals surface area (Å²) in [5.41, 5.74) is 1.54. The average Bonchev–Trinajstić information content (AvgIpc) is 3.26. The lowest BCUT2D eigenvalue weighted by Crippen LogP contribution is -2.20. The maximum Gasteiger partial charge on any atom is 0.262 e. The molecule has 1 heterocycles. The summed E-state index contributed by atoms with van der Waals surface area (Å²) >= 11 is 0. The zero-order valence-electron chi connectivity index (χ0n) is 18.0. The summed E-state index contributed by atoms with van der Waals surface area (Å²) in [6.45, 7) is 1.61. The van der Waals surface area contributed by atoms with Crippen LogP contribution >= 0.6 is 0 Å². The Kier molecular flexibility index (Phi) is 6.27. The molecule has 3 aromatic carbocycles. The molecule has 0 unspecified atom stereocenters. The molecule has 0 spiro atoms. The molecule has 4 rings (SSSR count). The number of rotatable bonds is 8. The molecule has 1 aliphatic heterocycles. The van der Waals surface area contributed by atoms with E-state index < -0.39 is 10.0 Å². The van der Waals surface area contributed by atoms with Gasteiger partial charge < -0.3 is 24.3 Å². The fourth-order valence-electron chi connectivity index (χ4n) is 3.14. The van der Waals surface area contributed by atoms with Gasteiger partial charge in [0, 0.05) is 17.4 Å². The predicted molar refractivity (Wildman–Crippen MR) is 122 cm³/mol. The Balaban J connectivity index is 1.37. The van der Waals surface area contributed by atoms with Crippen molar-refractivity contribution in [2.24, 2.45) is 0 Å². The smallest absolute Gasteiger partial charge is 0.262 e. The third-order valence-electron chi connectivity index (χ3n) is 4.81. The van der Waals surface area contributed by atoms with Gasteiger partial charge in [0.2, 0.25) is 6.79 Å². The van der Waals surface area contributed by atoms with Crippen molar-refractivity contribution in [3.05, 3.63) is 66.2 Å². The minimum Gasteiger partial charge on any atom is -0.497 e. The van der Waals surface area contributed by atoms with Crippen molar-refractivity contribution in [1.82, 2.24) is 0 Å². The van der Waals surface area contributed by atoms with E-state index in [1.54, 1.807) is 49.4 Å². The predicted octanol–water partition coefficient (Wildman–Crippen LogP) is 3.55. The Morgan fingerprint density at radius 1 is 0.970 bits per heavy atom.